The van der Waals surface area contributed by atoms with Crippen LogP contribution in [0.3, 0.4) is 0 Å². The fraction of sp³-hybridized carbons (Fsp3) is 0.292. The van der Waals surface area contributed by atoms with E-state index in [4.69, 9.17) is 4.74 Å². The number of rotatable bonds is 4. The summed E-state index contributed by atoms with van der Waals surface area (Å²) in [7, 11) is 0. The molecule has 0 saturated heterocycles. The summed E-state index contributed by atoms with van der Waals surface area (Å²) >= 11 is 0. The largest absolute Gasteiger partial charge is 0.451 e. The number of pyridine rings is 1. The lowest BCUT2D eigenvalue weighted by Gasteiger charge is -2.35. The first-order valence-corrected chi connectivity index (χ1v) is 10.5. The Bertz CT molecular complexity index is 1170. The number of halogens is 1. The summed E-state index contributed by atoms with van der Waals surface area (Å²) in [6.07, 6.45) is 8.77. The fourth-order valence-electron chi connectivity index (χ4n) is 4.55. The van der Waals surface area contributed by atoms with Crippen molar-refractivity contribution < 1.29 is 18.7 Å². The third kappa shape index (κ3) is 3.62. The summed E-state index contributed by atoms with van der Waals surface area (Å²) in [6, 6.07) is 8.94. The Labute approximate surface area is 184 Å². The van der Waals surface area contributed by atoms with Gasteiger partial charge in [-0.15, -0.1) is 0 Å². The highest BCUT2D eigenvalue weighted by Crippen LogP contribution is 2.47. The lowest BCUT2D eigenvalue weighted by molar-refractivity contribution is -0.122. The van der Waals surface area contributed by atoms with Crippen molar-refractivity contribution in [3.8, 4) is 11.1 Å². The van der Waals surface area contributed by atoms with Crippen LogP contribution in [0.25, 0.3) is 11.1 Å². The van der Waals surface area contributed by atoms with Crippen LogP contribution in [0, 0.1) is 5.92 Å². The maximum absolute atomic E-state index is 12.9. The summed E-state index contributed by atoms with van der Waals surface area (Å²) in [5.41, 5.74) is 2.87. The Morgan fingerprint density at radius 2 is 1.91 bits per heavy atom. The van der Waals surface area contributed by atoms with E-state index in [1.54, 1.807) is 43.0 Å². The Kier molecular flexibility index (Phi) is 5.13. The molecule has 3 heterocycles. The number of aromatic nitrogens is 3. The summed E-state index contributed by atoms with van der Waals surface area (Å²) in [4.78, 5) is 37.5. The van der Waals surface area contributed by atoms with E-state index in [2.05, 4.69) is 20.3 Å². The Morgan fingerprint density at radius 1 is 1.12 bits per heavy atom. The molecule has 32 heavy (non-hydrogen) atoms. The molecule has 1 saturated carbocycles. The number of fused-ring (bicyclic) bond motifs is 2. The normalized spacial score (nSPS) is 21.8. The number of ether oxygens (including phenoxy) is 1. The topological polar surface area (TPSA) is 94.1 Å². The van der Waals surface area contributed by atoms with Gasteiger partial charge in [-0.1, -0.05) is 18.2 Å². The van der Waals surface area contributed by atoms with Crippen molar-refractivity contribution in [2.75, 3.05) is 5.32 Å². The lowest BCUT2D eigenvalue weighted by atomic mass is 9.75. The van der Waals surface area contributed by atoms with Gasteiger partial charge < -0.3 is 4.74 Å². The molecule has 0 unspecified atom stereocenters. The zero-order valence-electron chi connectivity index (χ0n) is 17.3. The quantitative estimate of drug-likeness (QED) is 0.621. The van der Waals surface area contributed by atoms with Crippen LogP contribution in [0.5, 0.6) is 0 Å². The summed E-state index contributed by atoms with van der Waals surface area (Å²) in [5.74, 6) is -0.480. The highest BCUT2D eigenvalue weighted by molar-refractivity contribution is 5.94. The number of esters is 1. The maximum Gasteiger partial charge on any atom is 0.341 e. The highest BCUT2D eigenvalue weighted by atomic mass is 19.1. The van der Waals surface area contributed by atoms with Crippen molar-refractivity contribution in [2.24, 2.45) is 5.92 Å². The van der Waals surface area contributed by atoms with Crippen molar-refractivity contribution in [2.45, 2.75) is 38.0 Å². The number of hydrogen-bond acceptors (Lipinski definition) is 6. The molecule has 1 amide bonds. The third-order valence-electron chi connectivity index (χ3n) is 6.29. The molecule has 1 fully saturated rings. The van der Waals surface area contributed by atoms with Gasteiger partial charge >= 0.3 is 5.97 Å². The van der Waals surface area contributed by atoms with Crippen molar-refractivity contribution >= 4 is 17.8 Å². The van der Waals surface area contributed by atoms with Crippen LogP contribution >= 0.6 is 0 Å². The predicted molar refractivity (Wildman–Crippen MR) is 114 cm³/mol. The van der Waals surface area contributed by atoms with E-state index < -0.39 is 12.3 Å². The van der Waals surface area contributed by atoms with Crippen LogP contribution in [0.1, 0.15) is 47.2 Å². The fourth-order valence-corrected chi connectivity index (χ4v) is 4.55. The molecule has 0 bridgehead atoms. The predicted octanol–water partition coefficient (Wildman–Crippen LogP) is 4.20. The average Bonchev–Trinajstić information content (AvgIpc) is 3.11. The van der Waals surface area contributed by atoms with E-state index in [-0.39, 0.29) is 23.7 Å². The van der Waals surface area contributed by atoms with Crippen molar-refractivity contribution in [1.82, 2.24) is 15.0 Å². The van der Waals surface area contributed by atoms with E-state index in [9.17, 15) is 14.0 Å². The van der Waals surface area contributed by atoms with Gasteiger partial charge in [0.25, 0.3) is 0 Å². The second kappa shape index (κ2) is 8.11. The van der Waals surface area contributed by atoms with Gasteiger partial charge in [0.15, 0.2) is 0 Å². The number of alkyl halides is 1. The van der Waals surface area contributed by atoms with Crippen LogP contribution < -0.4 is 5.32 Å². The Morgan fingerprint density at radius 3 is 2.66 bits per heavy atom. The standard InChI is InChI=1S/C24H21FN4O3/c25-11-15-2-1-3-17(10-15)18-12-27-23(28-13-18)29-21(30)16-4-7-24(8-5-16)20-6-9-26-14-19(20)22(31)32-24/h1-3,6,9-10,12-14,16H,4-5,7-8,11H2,(H,27,28,29,30)/t16-,24-. The highest BCUT2D eigenvalue weighted by Gasteiger charge is 2.48. The van der Waals surface area contributed by atoms with Crippen LogP contribution in [0.4, 0.5) is 10.3 Å². The minimum Gasteiger partial charge on any atom is -0.451 e. The molecule has 0 radical (unpaired) electrons. The molecule has 2 aliphatic rings. The second-order valence-corrected chi connectivity index (χ2v) is 8.20. The summed E-state index contributed by atoms with van der Waals surface area (Å²) in [6.45, 7) is -0.535. The molecule has 1 aliphatic heterocycles. The zero-order chi connectivity index (χ0) is 22.1. The molecule has 1 aromatic carbocycles. The number of carbonyl (C=O) groups is 2. The van der Waals surface area contributed by atoms with Crippen LogP contribution in [0.15, 0.2) is 55.1 Å². The van der Waals surface area contributed by atoms with Crippen LogP contribution in [-0.2, 0) is 21.8 Å². The molecule has 5 rings (SSSR count). The van der Waals surface area contributed by atoms with Gasteiger partial charge in [0.2, 0.25) is 11.9 Å². The van der Waals surface area contributed by atoms with Crippen LogP contribution in [-0.4, -0.2) is 26.8 Å². The van der Waals surface area contributed by atoms with Crippen molar-refractivity contribution in [1.29, 1.82) is 0 Å². The molecule has 1 spiro atoms. The minimum atomic E-state index is -0.654. The molecule has 1 N–H and O–H groups in total. The van der Waals surface area contributed by atoms with Crippen molar-refractivity contribution in [3.63, 3.8) is 0 Å². The monoisotopic (exact) mass is 432 g/mol. The average molecular weight is 432 g/mol. The SMILES string of the molecule is O=C1O[C@]2(CC[C@H](C(=O)Nc3ncc(-c4cccc(CF)c4)cn3)CC2)c2ccncc21. The zero-order valence-corrected chi connectivity index (χ0v) is 17.3. The maximum atomic E-state index is 12.9. The van der Waals surface area contributed by atoms with Crippen LogP contribution in [0.2, 0.25) is 0 Å². The number of nitrogens with zero attached hydrogens (tertiary/aromatic N) is 3. The molecule has 2 aromatic heterocycles. The molecular weight excluding hydrogens is 411 g/mol. The smallest absolute Gasteiger partial charge is 0.341 e. The van der Waals surface area contributed by atoms with Gasteiger partial charge in [0.05, 0.1) is 5.56 Å². The second-order valence-electron chi connectivity index (χ2n) is 8.20. The molecule has 0 atom stereocenters. The number of amides is 1. The molecule has 162 valence electrons. The number of anilines is 1. The van der Waals surface area contributed by atoms with Gasteiger partial charge in [0.1, 0.15) is 12.3 Å². The Hall–Kier alpha value is -3.68. The third-order valence-corrected chi connectivity index (χ3v) is 6.29. The first-order chi connectivity index (χ1) is 15.6. The summed E-state index contributed by atoms with van der Waals surface area (Å²) in [5, 5.41) is 2.78. The number of hydrogen-bond donors (Lipinski definition) is 1. The lowest BCUT2D eigenvalue weighted by Crippen LogP contribution is -2.36. The van der Waals surface area contributed by atoms with Crippen molar-refractivity contribution in [3.05, 3.63) is 71.8 Å². The van der Waals surface area contributed by atoms with Gasteiger partial charge in [-0.05, 0) is 48.9 Å². The van der Waals surface area contributed by atoms with E-state index in [0.717, 1.165) is 16.7 Å². The minimum absolute atomic E-state index is 0.147. The number of nitrogens with one attached hydrogen (secondary N) is 1. The van der Waals surface area contributed by atoms with Gasteiger partial charge in [-0.3, -0.25) is 15.1 Å². The number of carbonyl (C=O) groups excluding carboxylic acids is 2. The molecule has 8 heteroatoms. The Balaban J connectivity index is 1.23. The first kappa shape index (κ1) is 20.2. The van der Waals surface area contributed by atoms with E-state index >= 15 is 0 Å². The molecule has 7 nitrogen and oxygen atoms in total. The molecular formula is C24H21FN4O3. The van der Waals surface area contributed by atoms with Gasteiger partial charge in [0, 0.05) is 41.8 Å². The van der Waals surface area contributed by atoms with E-state index in [0.29, 0.717) is 36.8 Å². The molecule has 1 aliphatic carbocycles. The summed E-state index contributed by atoms with van der Waals surface area (Å²) < 4.78 is 18.6. The number of benzene rings is 1. The van der Waals surface area contributed by atoms with E-state index in [1.165, 1.54) is 0 Å². The van der Waals surface area contributed by atoms with E-state index in [1.807, 2.05) is 12.1 Å². The van der Waals surface area contributed by atoms with Gasteiger partial charge in [-0.25, -0.2) is 19.2 Å². The van der Waals surface area contributed by atoms with Gasteiger partial charge in [-0.2, -0.15) is 0 Å². The molecule has 3 aromatic rings. The first-order valence-electron chi connectivity index (χ1n) is 10.5.